The molecule has 98 valence electrons. The molecule has 0 atom stereocenters. The molecular weight excluding hydrogens is 248 g/mol. The molecule has 0 N–H and O–H groups in total. The minimum atomic E-state index is 1.12. The number of rotatable bonds is 3. The molecule has 0 aliphatic carbocycles. The summed E-state index contributed by atoms with van der Waals surface area (Å²) in [5.74, 6) is 0. The highest BCUT2D eigenvalue weighted by Gasteiger charge is 2.05. The highest BCUT2D eigenvalue weighted by Crippen LogP contribution is 2.32. The van der Waals surface area contributed by atoms with E-state index in [1.165, 1.54) is 31.7 Å². The molecule has 1 aromatic carbocycles. The molecule has 0 unspecified atom stereocenters. The fourth-order valence-corrected chi connectivity index (χ4v) is 3.14. The lowest BCUT2D eigenvalue weighted by Crippen LogP contribution is -1.80. The number of thiophene rings is 1. The van der Waals surface area contributed by atoms with E-state index in [0.717, 1.165) is 5.57 Å². The molecule has 0 amide bonds. The van der Waals surface area contributed by atoms with Gasteiger partial charge in [-0.15, -0.1) is 11.3 Å². The molecule has 1 heteroatoms. The third-order valence-electron chi connectivity index (χ3n) is 3.32. The summed E-state index contributed by atoms with van der Waals surface area (Å²) in [5, 5.41) is 1.33. The van der Waals surface area contributed by atoms with Gasteiger partial charge in [0.05, 0.1) is 0 Å². The van der Waals surface area contributed by atoms with Crippen molar-refractivity contribution in [1.82, 2.24) is 0 Å². The zero-order chi connectivity index (χ0) is 14.0. The van der Waals surface area contributed by atoms with Crippen molar-refractivity contribution >= 4 is 27.0 Å². The van der Waals surface area contributed by atoms with E-state index in [0.29, 0.717) is 0 Å². The summed E-state index contributed by atoms with van der Waals surface area (Å²) >= 11 is 1.86. The van der Waals surface area contributed by atoms with E-state index >= 15 is 0 Å². The summed E-state index contributed by atoms with van der Waals surface area (Å²) in [7, 11) is 0. The van der Waals surface area contributed by atoms with Gasteiger partial charge in [-0.05, 0) is 61.9 Å². The first-order valence-electron chi connectivity index (χ1n) is 6.52. The Labute approximate surface area is 119 Å². The van der Waals surface area contributed by atoms with Gasteiger partial charge in [0.2, 0.25) is 0 Å². The molecule has 2 rings (SSSR count). The zero-order valence-corrected chi connectivity index (χ0v) is 12.9. The molecule has 0 spiro atoms. The molecule has 0 aliphatic rings. The van der Waals surface area contributed by atoms with E-state index in [4.69, 9.17) is 0 Å². The van der Waals surface area contributed by atoms with Crippen LogP contribution < -0.4 is 0 Å². The summed E-state index contributed by atoms with van der Waals surface area (Å²) in [6, 6.07) is 8.90. The predicted molar refractivity (Wildman–Crippen MR) is 88.8 cm³/mol. The van der Waals surface area contributed by atoms with Crippen LogP contribution in [0.3, 0.4) is 0 Å². The van der Waals surface area contributed by atoms with Crippen LogP contribution in [0.25, 0.3) is 15.7 Å². The van der Waals surface area contributed by atoms with Gasteiger partial charge in [0.1, 0.15) is 0 Å². The monoisotopic (exact) mass is 268 g/mol. The van der Waals surface area contributed by atoms with Gasteiger partial charge in [-0.25, -0.2) is 0 Å². The van der Waals surface area contributed by atoms with Crippen molar-refractivity contribution in [3.8, 4) is 0 Å². The van der Waals surface area contributed by atoms with E-state index in [1.807, 2.05) is 18.3 Å². The Kier molecular flexibility index (Phi) is 4.06. The quantitative estimate of drug-likeness (QED) is 0.587. The normalized spacial score (nSPS) is 13.1. The maximum atomic E-state index is 4.00. The molecule has 0 bridgehead atoms. The fourth-order valence-electron chi connectivity index (χ4n) is 1.93. The largest absolute Gasteiger partial charge is 0.135 e. The predicted octanol–water partition coefficient (Wildman–Crippen LogP) is 6.14. The van der Waals surface area contributed by atoms with Gasteiger partial charge < -0.3 is 0 Å². The van der Waals surface area contributed by atoms with Crippen molar-refractivity contribution in [3.05, 3.63) is 64.6 Å². The van der Waals surface area contributed by atoms with Crippen LogP contribution in [0.15, 0.2) is 54.1 Å². The lowest BCUT2D eigenvalue weighted by molar-refractivity contribution is 1.37. The summed E-state index contributed by atoms with van der Waals surface area (Å²) in [6.45, 7) is 12.4. The summed E-state index contributed by atoms with van der Waals surface area (Å²) < 4.78 is 1.36. The van der Waals surface area contributed by atoms with Crippen LogP contribution in [0.1, 0.15) is 31.2 Å². The molecule has 1 heterocycles. The van der Waals surface area contributed by atoms with Gasteiger partial charge in [0, 0.05) is 9.58 Å². The van der Waals surface area contributed by atoms with Crippen molar-refractivity contribution < 1.29 is 0 Å². The molecule has 2 aromatic rings. The number of allylic oxidation sites excluding steroid dienone is 5. The van der Waals surface area contributed by atoms with Crippen molar-refractivity contribution in [2.24, 2.45) is 0 Å². The van der Waals surface area contributed by atoms with Crippen molar-refractivity contribution in [2.45, 2.75) is 27.7 Å². The van der Waals surface area contributed by atoms with Crippen molar-refractivity contribution in [2.75, 3.05) is 0 Å². The Hall–Kier alpha value is -1.60. The smallest absolute Gasteiger partial charge is 0.0352 e. The van der Waals surface area contributed by atoms with Crippen LogP contribution in [-0.4, -0.2) is 0 Å². The lowest BCUT2D eigenvalue weighted by atomic mass is 10.1. The molecule has 0 fully saturated rings. The van der Waals surface area contributed by atoms with Gasteiger partial charge in [0.25, 0.3) is 0 Å². The molecule has 0 aliphatic heterocycles. The molecule has 0 nitrogen and oxygen atoms in total. The van der Waals surface area contributed by atoms with Crippen LogP contribution in [0.5, 0.6) is 0 Å². The van der Waals surface area contributed by atoms with E-state index in [-0.39, 0.29) is 0 Å². The first-order valence-corrected chi connectivity index (χ1v) is 7.34. The molecular formula is C18H20S. The van der Waals surface area contributed by atoms with Crippen LogP contribution >= 0.6 is 11.3 Å². The maximum absolute atomic E-state index is 4.00. The number of aryl methyl sites for hydroxylation is 1. The van der Waals surface area contributed by atoms with E-state index in [9.17, 15) is 0 Å². The van der Waals surface area contributed by atoms with E-state index in [1.54, 1.807) is 0 Å². The minimum absolute atomic E-state index is 1.12. The van der Waals surface area contributed by atoms with E-state index < -0.39 is 0 Å². The topological polar surface area (TPSA) is 0 Å². The zero-order valence-electron chi connectivity index (χ0n) is 12.1. The summed E-state index contributed by atoms with van der Waals surface area (Å²) in [6.07, 6.45) is 4.39. The summed E-state index contributed by atoms with van der Waals surface area (Å²) in [5.41, 5.74) is 4.95. The van der Waals surface area contributed by atoms with Crippen LogP contribution in [0.4, 0.5) is 0 Å². The second-order valence-corrected chi connectivity index (χ2v) is 6.09. The molecule has 0 saturated heterocycles. The van der Waals surface area contributed by atoms with Crippen LogP contribution in [-0.2, 0) is 0 Å². The highest BCUT2D eigenvalue weighted by molar-refractivity contribution is 7.20. The van der Waals surface area contributed by atoms with E-state index in [2.05, 4.69) is 63.8 Å². The first kappa shape index (κ1) is 13.8. The number of fused-ring (bicyclic) bond motifs is 1. The van der Waals surface area contributed by atoms with Gasteiger partial charge in [-0.1, -0.05) is 36.4 Å². The van der Waals surface area contributed by atoms with Crippen LogP contribution in [0, 0.1) is 6.92 Å². The average Bonchev–Trinajstić information content (AvgIpc) is 2.77. The number of hydrogen-bond acceptors (Lipinski definition) is 1. The molecule has 0 radical (unpaired) electrons. The van der Waals surface area contributed by atoms with Gasteiger partial charge in [0.15, 0.2) is 0 Å². The second-order valence-electron chi connectivity index (χ2n) is 5.00. The van der Waals surface area contributed by atoms with Gasteiger partial charge in [-0.3, -0.25) is 0 Å². The molecule has 19 heavy (non-hydrogen) atoms. The maximum Gasteiger partial charge on any atom is 0.0352 e. The Morgan fingerprint density at radius 3 is 2.58 bits per heavy atom. The average molecular weight is 268 g/mol. The Morgan fingerprint density at radius 1 is 1.21 bits per heavy atom. The standard InChI is InChI=1S/C18H20S/c1-6-15(10-14(5)12(2)3)18-11-16-8-7-13(4)9-17(16)19-18/h6-11H,2H2,1,3-5H3/b14-10-,15-6+. The second kappa shape index (κ2) is 5.58. The third-order valence-corrected chi connectivity index (χ3v) is 4.46. The fraction of sp³-hybridized carbons (Fsp3) is 0.222. The first-order chi connectivity index (χ1) is 9.01. The molecule has 1 aromatic heterocycles. The van der Waals surface area contributed by atoms with Gasteiger partial charge in [-0.2, -0.15) is 0 Å². The SMILES string of the molecule is C=C(C)/C(C)=C\C(=C/C)c1cc2ccc(C)cc2s1. The third kappa shape index (κ3) is 3.05. The van der Waals surface area contributed by atoms with Crippen LogP contribution in [0.2, 0.25) is 0 Å². The Balaban J connectivity index is 2.48. The lowest BCUT2D eigenvalue weighted by Gasteiger charge is -2.02. The van der Waals surface area contributed by atoms with Crippen molar-refractivity contribution in [3.63, 3.8) is 0 Å². The number of benzene rings is 1. The van der Waals surface area contributed by atoms with Crippen molar-refractivity contribution in [1.29, 1.82) is 0 Å². The highest BCUT2D eigenvalue weighted by atomic mass is 32.1. The Morgan fingerprint density at radius 2 is 1.95 bits per heavy atom. The minimum Gasteiger partial charge on any atom is -0.135 e. The van der Waals surface area contributed by atoms with Gasteiger partial charge >= 0.3 is 0 Å². The number of hydrogen-bond donors (Lipinski definition) is 0. The summed E-state index contributed by atoms with van der Waals surface area (Å²) in [4.78, 5) is 1.32. The molecule has 0 saturated carbocycles. The Bertz CT molecular complexity index is 681.